The van der Waals surface area contributed by atoms with Crippen molar-refractivity contribution in [3.8, 4) is 5.69 Å². The lowest BCUT2D eigenvalue weighted by Crippen LogP contribution is -2.31. The zero-order valence-corrected chi connectivity index (χ0v) is 17.0. The van der Waals surface area contributed by atoms with Crippen LogP contribution in [0.2, 0.25) is 0 Å². The van der Waals surface area contributed by atoms with Crippen molar-refractivity contribution in [1.82, 2.24) is 34.3 Å². The monoisotopic (exact) mass is 405 g/mol. The molecule has 158 valence electrons. The molecule has 2 aliphatic rings. The number of ether oxygens (including phenoxy) is 1. The van der Waals surface area contributed by atoms with Crippen LogP contribution in [-0.2, 0) is 23.1 Å². The largest absolute Gasteiger partial charge is 0.481 e. The average molecular weight is 405 g/mol. The molecule has 0 aromatic carbocycles. The van der Waals surface area contributed by atoms with E-state index in [9.17, 15) is 4.79 Å². The Hall–Kier alpha value is -2.95. The van der Waals surface area contributed by atoms with Crippen molar-refractivity contribution in [3.63, 3.8) is 0 Å². The molecule has 2 aliphatic heterocycles. The number of aryl methyl sites for hydroxylation is 1. The minimum absolute atomic E-state index is 0.292. The Balaban J connectivity index is 0.000000552. The highest BCUT2D eigenvalue weighted by atomic mass is 16.6. The van der Waals surface area contributed by atoms with Gasteiger partial charge in [-0.25, -0.2) is 14.5 Å². The predicted octanol–water partition coefficient (Wildman–Crippen LogP) is 0.853. The Labute approximate surface area is 168 Å². The van der Waals surface area contributed by atoms with E-state index in [1.807, 2.05) is 17.9 Å². The topological polar surface area (TPSA) is 119 Å². The molecular weight excluding hydrogens is 378 g/mol. The first kappa shape index (κ1) is 20.8. The van der Waals surface area contributed by atoms with Gasteiger partial charge in [0.25, 0.3) is 5.97 Å². The summed E-state index contributed by atoms with van der Waals surface area (Å²) in [6.45, 7) is 4.57. The number of likely N-dealkylation sites (N-methyl/N-ethyl adjacent to an activating group) is 1. The molecule has 2 aromatic rings. The van der Waals surface area contributed by atoms with Gasteiger partial charge in [-0.3, -0.25) is 14.4 Å². The molecule has 1 N–H and O–H groups in total. The number of piperidine rings is 1. The van der Waals surface area contributed by atoms with Gasteiger partial charge in [0.1, 0.15) is 12.3 Å². The van der Waals surface area contributed by atoms with Gasteiger partial charge in [-0.15, -0.1) is 0 Å². The van der Waals surface area contributed by atoms with Gasteiger partial charge in [0.2, 0.25) is 0 Å². The number of cyclic esters (lactones) is 1. The molecule has 4 rings (SSSR count). The lowest BCUT2D eigenvalue weighted by molar-refractivity contribution is -0.134. The van der Waals surface area contributed by atoms with E-state index >= 15 is 0 Å². The molecular formula is C18H27N7O4. The minimum Gasteiger partial charge on any atom is -0.481 e. The number of carboxylic acids is 1. The number of rotatable bonds is 4. The molecule has 0 aliphatic carbocycles. The SMILES string of the molecule is CC(=O)O.CN1CCCC(c2nc(CN3CCOC3=O)n(-c3cnn(C)c3)n2)C1. The molecule has 1 amide bonds. The Morgan fingerprint density at radius 1 is 1.34 bits per heavy atom. The maximum Gasteiger partial charge on any atom is 0.410 e. The number of amides is 1. The Morgan fingerprint density at radius 3 is 2.69 bits per heavy atom. The number of carbonyl (C=O) groups is 2. The zero-order chi connectivity index (χ0) is 21.0. The van der Waals surface area contributed by atoms with Crippen LogP contribution in [0.25, 0.3) is 5.69 Å². The van der Waals surface area contributed by atoms with Gasteiger partial charge in [-0.05, 0) is 26.4 Å². The van der Waals surface area contributed by atoms with E-state index in [4.69, 9.17) is 24.7 Å². The lowest BCUT2D eigenvalue weighted by atomic mass is 9.98. The predicted molar refractivity (Wildman–Crippen MR) is 103 cm³/mol. The van der Waals surface area contributed by atoms with Gasteiger partial charge < -0.3 is 14.7 Å². The summed E-state index contributed by atoms with van der Waals surface area (Å²) in [6.07, 6.45) is 5.61. The third-order valence-corrected chi connectivity index (χ3v) is 4.79. The molecule has 11 nitrogen and oxygen atoms in total. The summed E-state index contributed by atoms with van der Waals surface area (Å²) < 4.78 is 8.57. The van der Waals surface area contributed by atoms with E-state index in [1.165, 1.54) is 0 Å². The number of carbonyl (C=O) groups excluding carboxylic acids is 1. The first-order valence-corrected chi connectivity index (χ1v) is 9.58. The lowest BCUT2D eigenvalue weighted by Gasteiger charge is -2.27. The maximum absolute atomic E-state index is 11.8. The number of hydrogen-bond donors (Lipinski definition) is 1. The van der Waals surface area contributed by atoms with Crippen LogP contribution in [0, 0.1) is 0 Å². The van der Waals surface area contributed by atoms with Crippen molar-refractivity contribution in [2.45, 2.75) is 32.2 Å². The number of nitrogens with zero attached hydrogens (tertiary/aromatic N) is 7. The van der Waals surface area contributed by atoms with Crippen LogP contribution in [0.15, 0.2) is 12.4 Å². The van der Waals surface area contributed by atoms with E-state index in [1.54, 1.807) is 15.8 Å². The molecule has 1 unspecified atom stereocenters. The van der Waals surface area contributed by atoms with Crippen molar-refractivity contribution in [3.05, 3.63) is 24.0 Å². The molecule has 0 spiro atoms. The second-order valence-electron chi connectivity index (χ2n) is 7.33. The number of likely N-dealkylation sites (tertiary alicyclic amines) is 1. The van der Waals surface area contributed by atoms with Gasteiger partial charge in [0.05, 0.1) is 25.5 Å². The molecule has 2 aromatic heterocycles. The summed E-state index contributed by atoms with van der Waals surface area (Å²) >= 11 is 0. The third-order valence-electron chi connectivity index (χ3n) is 4.79. The molecule has 2 saturated heterocycles. The van der Waals surface area contributed by atoms with Gasteiger partial charge in [0.15, 0.2) is 11.6 Å². The fourth-order valence-electron chi connectivity index (χ4n) is 3.48. The minimum atomic E-state index is -0.833. The molecule has 1 atom stereocenters. The van der Waals surface area contributed by atoms with Gasteiger partial charge in [-0.2, -0.15) is 10.2 Å². The van der Waals surface area contributed by atoms with Gasteiger partial charge in [-0.1, -0.05) is 0 Å². The fourth-order valence-corrected chi connectivity index (χ4v) is 3.48. The number of hydrogen-bond acceptors (Lipinski definition) is 7. The summed E-state index contributed by atoms with van der Waals surface area (Å²) in [6, 6.07) is 0. The normalized spacial score (nSPS) is 19.6. The van der Waals surface area contributed by atoms with Crippen LogP contribution in [-0.4, -0.2) is 84.8 Å². The molecule has 4 heterocycles. The van der Waals surface area contributed by atoms with Gasteiger partial charge in [0, 0.05) is 26.4 Å². The summed E-state index contributed by atoms with van der Waals surface area (Å²) in [7, 11) is 4.00. The van der Waals surface area contributed by atoms with Crippen LogP contribution >= 0.6 is 0 Å². The standard InChI is InChI=1S/C16H23N7O2.C2H4O2/c1-20-5-3-4-12(9-20)15-18-14(11-22-6-7-25-16(22)24)23(19-15)13-8-17-21(2)10-13;1-2(3)4/h8,10,12H,3-7,9,11H2,1-2H3;1H3,(H,3,4). The van der Waals surface area contributed by atoms with Gasteiger partial charge >= 0.3 is 6.09 Å². The third kappa shape index (κ3) is 5.31. The number of carboxylic acid groups (broad SMARTS) is 1. The molecule has 2 fully saturated rings. The maximum atomic E-state index is 11.8. The Kier molecular flexibility index (Phi) is 6.47. The second-order valence-corrected chi connectivity index (χ2v) is 7.33. The number of aromatic nitrogens is 5. The van der Waals surface area contributed by atoms with Crippen molar-refractivity contribution in [2.24, 2.45) is 7.05 Å². The van der Waals surface area contributed by atoms with Crippen LogP contribution in [0.1, 0.15) is 37.3 Å². The van der Waals surface area contributed by atoms with Crippen molar-refractivity contribution in [1.29, 1.82) is 0 Å². The summed E-state index contributed by atoms with van der Waals surface area (Å²) in [5, 5.41) is 16.4. The summed E-state index contributed by atoms with van der Waals surface area (Å²) in [5.74, 6) is 1.08. The smallest absolute Gasteiger partial charge is 0.410 e. The highest BCUT2D eigenvalue weighted by Gasteiger charge is 2.28. The highest BCUT2D eigenvalue weighted by Crippen LogP contribution is 2.25. The first-order chi connectivity index (χ1) is 13.8. The van der Waals surface area contributed by atoms with Crippen molar-refractivity contribution >= 4 is 12.1 Å². The van der Waals surface area contributed by atoms with Crippen LogP contribution in [0.4, 0.5) is 4.79 Å². The van der Waals surface area contributed by atoms with E-state index in [2.05, 4.69) is 17.0 Å². The average Bonchev–Trinajstić information content (AvgIpc) is 3.36. The van der Waals surface area contributed by atoms with E-state index in [-0.39, 0.29) is 6.09 Å². The summed E-state index contributed by atoms with van der Waals surface area (Å²) in [4.78, 5) is 29.6. The molecule has 0 bridgehead atoms. The molecule has 0 saturated carbocycles. The summed E-state index contributed by atoms with van der Waals surface area (Å²) in [5.41, 5.74) is 0.855. The highest BCUT2D eigenvalue weighted by molar-refractivity contribution is 5.69. The Bertz CT molecular complexity index is 858. The van der Waals surface area contributed by atoms with E-state index < -0.39 is 5.97 Å². The fraction of sp³-hybridized carbons (Fsp3) is 0.611. The van der Waals surface area contributed by atoms with Crippen molar-refractivity contribution in [2.75, 3.05) is 33.3 Å². The van der Waals surface area contributed by atoms with Crippen LogP contribution in [0.3, 0.4) is 0 Å². The Morgan fingerprint density at radius 2 is 2.10 bits per heavy atom. The molecule has 0 radical (unpaired) electrons. The van der Waals surface area contributed by atoms with E-state index in [0.29, 0.717) is 25.6 Å². The zero-order valence-electron chi connectivity index (χ0n) is 17.0. The molecule has 29 heavy (non-hydrogen) atoms. The number of aliphatic carboxylic acids is 1. The van der Waals surface area contributed by atoms with Crippen LogP contribution < -0.4 is 0 Å². The van der Waals surface area contributed by atoms with Crippen molar-refractivity contribution < 1.29 is 19.4 Å². The quantitative estimate of drug-likeness (QED) is 0.795. The van der Waals surface area contributed by atoms with E-state index in [0.717, 1.165) is 50.2 Å². The second kappa shape index (κ2) is 9.03. The molecule has 11 heteroatoms. The first-order valence-electron chi connectivity index (χ1n) is 9.58. The van der Waals surface area contributed by atoms with Crippen LogP contribution in [0.5, 0.6) is 0 Å².